The van der Waals surface area contributed by atoms with E-state index in [1.807, 2.05) is 61.5 Å². The van der Waals surface area contributed by atoms with Gasteiger partial charge in [-0.2, -0.15) is 0 Å². The molecule has 2 aliphatic heterocycles. The molecule has 2 fully saturated rings. The molecule has 2 aliphatic rings. The van der Waals surface area contributed by atoms with Gasteiger partial charge in [0.25, 0.3) is 5.91 Å². The van der Waals surface area contributed by atoms with Gasteiger partial charge in [0.1, 0.15) is 5.92 Å². The predicted octanol–water partition coefficient (Wildman–Crippen LogP) is 4.22. The fraction of sp³-hybridized carbons (Fsp3) is 0.222. The van der Waals surface area contributed by atoms with Crippen molar-refractivity contribution in [2.45, 2.75) is 26.0 Å². The van der Waals surface area contributed by atoms with E-state index < -0.39 is 29.9 Å². The highest BCUT2D eigenvalue weighted by atomic mass is 16.7. The molecule has 0 unspecified atom stereocenters. The van der Waals surface area contributed by atoms with Crippen LogP contribution in [0, 0.1) is 12.8 Å². The number of hydrogen-bond acceptors (Lipinski definition) is 6. The van der Waals surface area contributed by atoms with Crippen molar-refractivity contribution < 1.29 is 24.0 Å². The molecule has 2 amide bonds. The summed E-state index contributed by atoms with van der Waals surface area (Å²) in [4.78, 5) is 46.4. The average Bonchev–Trinajstić information content (AvgIpc) is 3.36. The zero-order valence-electron chi connectivity index (χ0n) is 18.9. The van der Waals surface area contributed by atoms with E-state index in [0.717, 1.165) is 21.7 Å². The fourth-order valence-corrected chi connectivity index (χ4v) is 4.64. The summed E-state index contributed by atoms with van der Waals surface area (Å²) in [6, 6.07) is 23.1. The van der Waals surface area contributed by atoms with Crippen LogP contribution in [-0.4, -0.2) is 30.5 Å². The lowest BCUT2D eigenvalue weighted by molar-refractivity contribution is -0.126. The number of ether oxygens (including phenoxy) is 1. The first-order chi connectivity index (χ1) is 16.5. The van der Waals surface area contributed by atoms with E-state index >= 15 is 0 Å². The molecule has 3 atom stereocenters. The Morgan fingerprint density at radius 3 is 2.26 bits per heavy atom. The lowest BCUT2D eigenvalue weighted by Crippen LogP contribution is -2.37. The molecule has 3 aromatic rings. The summed E-state index contributed by atoms with van der Waals surface area (Å²) in [5, 5.41) is 1.71. The van der Waals surface area contributed by atoms with Crippen molar-refractivity contribution in [3.63, 3.8) is 0 Å². The first-order valence-corrected chi connectivity index (χ1v) is 11.2. The van der Waals surface area contributed by atoms with Crippen LogP contribution in [0.2, 0.25) is 0 Å². The number of fused-ring (bicyclic) bond motifs is 1. The van der Waals surface area contributed by atoms with E-state index in [2.05, 4.69) is 0 Å². The molecule has 0 bridgehead atoms. The molecule has 0 saturated carbocycles. The van der Waals surface area contributed by atoms with E-state index in [4.69, 9.17) is 9.57 Å². The monoisotopic (exact) mass is 456 g/mol. The number of benzene rings is 3. The molecule has 0 aromatic heterocycles. The number of nitrogens with zero attached hydrogens (tertiary/aromatic N) is 2. The van der Waals surface area contributed by atoms with Crippen molar-refractivity contribution in [3.05, 3.63) is 95.6 Å². The Hall–Kier alpha value is -3.97. The number of amides is 2. The van der Waals surface area contributed by atoms with Crippen LogP contribution < -0.4 is 9.96 Å². The number of imide groups is 1. The number of esters is 1. The second-order valence-electron chi connectivity index (χ2n) is 8.30. The smallest absolute Gasteiger partial charge is 0.338 e. The summed E-state index contributed by atoms with van der Waals surface area (Å²) in [6.45, 7) is 3.97. The summed E-state index contributed by atoms with van der Waals surface area (Å²) in [5.41, 5.74) is 3.44. The molecule has 2 heterocycles. The van der Waals surface area contributed by atoms with Gasteiger partial charge in [-0.1, -0.05) is 48.5 Å². The number of anilines is 2. The van der Waals surface area contributed by atoms with Crippen LogP contribution in [0.3, 0.4) is 0 Å². The maximum atomic E-state index is 13.7. The minimum Gasteiger partial charge on any atom is -0.462 e. The van der Waals surface area contributed by atoms with Crippen LogP contribution in [0.4, 0.5) is 11.4 Å². The SMILES string of the molecule is CCOC(=O)c1ccc(N2C(=O)[C@H]3[C@H](ON(c4ccccc4C)[C@H]3c3ccccc3)C2=O)cc1. The number of rotatable bonds is 5. The molecule has 0 aliphatic carbocycles. The Morgan fingerprint density at radius 2 is 1.59 bits per heavy atom. The van der Waals surface area contributed by atoms with Gasteiger partial charge in [-0.3, -0.25) is 14.4 Å². The van der Waals surface area contributed by atoms with E-state index in [1.54, 1.807) is 36.3 Å². The van der Waals surface area contributed by atoms with Crippen molar-refractivity contribution in [1.29, 1.82) is 0 Å². The average molecular weight is 456 g/mol. The summed E-state index contributed by atoms with van der Waals surface area (Å²) >= 11 is 0. The lowest BCUT2D eigenvalue weighted by Gasteiger charge is -2.29. The maximum absolute atomic E-state index is 13.7. The molecule has 5 rings (SSSR count). The van der Waals surface area contributed by atoms with Gasteiger partial charge in [0.2, 0.25) is 5.91 Å². The first kappa shape index (κ1) is 21.9. The molecular weight excluding hydrogens is 432 g/mol. The molecule has 0 spiro atoms. The summed E-state index contributed by atoms with van der Waals surface area (Å²) < 4.78 is 5.01. The van der Waals surface area contributed by atoms with Crippen LogP contribution in [0.15, 0.2) is 78.9 Å². The number of carbonyl (C=O) groups is 3. The topological polar surface area (TPSA) is 76.2 Å². The second kappa shape index (κ2) is 8.76. The van der Waals surface area contributed by atoms with Crippen LogP contribution in [0.1, 0.15) is 34.5 Å². The second-order valence-corrected chi connectivity index (χ2v) is 8.30. The quantitative estimate of drug-likeness (QED) is 0.423. The van der Waals surface area contributed by atoms with Crippen molar-refractivity contribution in [2.24, 2.45) is 5.92 Å². The van der Waals surface area contributed by atoms with Crippen molar-refractivity contribution in [1.82, 2.24) is 0 Å². The Bertz CT molecular complexity index is 1240. The standard InChI is InChI=1S/C27H24N2O5/c1-3-33-27(32)19-13-15-20(16-14-19)28-25(30)22-23(18-10-5-4-6-11-18)29(34-24(22)26(28)31)21-12-8-7-9-17(21)2/h4-16,22-24H,3H2,1-2H3/t22-,23+,24+/m1/s1. The number of carbonyl (C=O) groups excluding carboxylic acids is 3. The third-order valence-electron chi connectivity index (χ3n) is 6.25. The van der Waals surface area contributed by atoms with Gasteiger partial charge in [-0.05, 0) is 55.3 Å². The van der Waals surface area contributed by atoms with Crippen molar-refractivity contribution >= 4 is 29.2 Å². The molecular formula is C27H24N2O5. The van der Waals surface area contributed by atoms with Crippen LogP contribution in [0.25, 0.3) is 0 Å². The van der Waals surface area contributed by atoms with E-state index in [0.29, 0.717) is 11.3 Å². The molecule has 172 valence electrons. The first-order valence-electron chi connectivity index (χ1n) is 11.2. The maximum Gasteiger partial charge on any atom is 0.338 e. The lowest BCUT2D eigenvalue weighted by atomic mass is 9.90. The molecule has 0 N–H and O–H groups in total. The van der Waals surface area contributed by atoms with Crippen molar-refractivity contribution in [3.8, 4) is 0 Å². The van der Waals surface area contributed by atoms with Gasteiger partial charge < -0.3 is 4.74 Å². The molecule has 7 nitrogen and oxygen atoms in total. The largest absolute Gasteiger partial charge is 0.462 e. The third kappa shape index (κ3) is 3.54. The minimum absolute atomic E-state index is 0.267. The third-order valence-corrected chi connectivity index (χ3v) is 6.25. The van der Waals surface area contributed by atoms with Gasteiger partial charge >= 0.3 is 5.97 Å². The fourth-order valence-electron chi connectivity index (χ4n) is 4.64. The minimum atomic E-state index is -0.943. The van der Waals surface area contributed by atoms with Gasteiger partial charge in [0.05, 0.1) is 29.6 Å². The number of para-hydroxylation sites is 1. The normalized spacial score (nSPS) is 21.6. The molecule has 0 radical (unpaired) electrons. The van der Waals surface area contributed by atoms with Crippen LogP contribution >= 0.6 is 0 Å². The Morgan fingerprint density at radius 1 is 0.912 bits per heavy atom. The van der Waals surface area contributed by atoms with E-state index in [-0.39, 0.29) is 12.5 Å². The predicted molar refractivity (Wildman–Crippen MR) is 126 cm³/mol. The van der Waals surface area contributed by atoms with E-state index in [9.17, 15) is 14.4 Å². The molecule has 3 aromatic carbocycles. The zero-order chi connectivity index (χ0) is 23.8. The van der Waals surface area contributed by atoms with E-state index in [1.165, 1.54) is 0 Å². The number of hydrogen-bond donors (Lipinski definition) is 0. The Kier molecular flexibility index (Phi) is 5.63. The number of aryl methyl sites for hydroxylation is 1. The highest BCUT2D eigenvalue weighted by Crippen LogP contribution is 2.48. The molecule has 7 heteroatoms. The van der Waals surface area contributed by atoms with Gasteiger partial charge in [0, 0.05) is 0 Å². The molecule has 34 heavy (non-hydrogen) atoms. The van der Waals surface area contributed by atoms with Crippen LogP contribution in [0.5, 0.6) is 0 Å². The van der Waals surface area contributed by atoms with Gasteiger partial charge in [-0.15, -0.1) is 0 Å². The van der Waals surface area contributed by atoms with Gasteiger partial charge in [-0.25, -0.2) is 14.8 Å². The highest BCUT2D eigenvalue weighted by Gasteiger charge is 2.60. The Labute approximate surface area is 197 Å². The van der Waals surface area contributed by atoms with Gasteiger partial charge in [0.15, 0.2) is 6.10 Å². The summed E-state index contributed by atoms with van der Waals surface area (Å²) in [7, 11) is 0. The molecule has 2 saturated heterocycles. The highest BCUT2D eigenvalue weighted by molar-refractivity contribution is 6.24. The van der Waals surface area contributed by atoms with Crippen LogP contribution in [-0.2, 0) is 19.2 Å². The number of hydroxylamine groups is 1. The zero-order valence-corrected chi connectivity index (χ0v) is 18.9. The van der Waals surface area contributed by atoms with Crippen molar-refractivity contribution in [2.75, 3.05) is 16.6 Å². The summed E-state index contributed by atoms with van der Waals surface area (Å²) in [6.07, 6.45) is -0.943. The Balaban J connectivity index is 1.51. The summed E-state index contributed by atoms with van der Waals surface area (Å²) in [5.74, 6) is -1.91.